The number of carbonyl (C=O) groups is 1. The van der Waals surface area contributed by atoms with E-state index in [2.05, 4.69) is 19.9 Å². The minimum atomic E-state index is -0.502. The monoisotopic (exact) mass is 398 g/mol. The van der Waals surface area contributed by atoms with Crippen LogP contribution in [0, 0.1) is 5.92 Å². The third kappa shape index (κ3) is 4.65. The van der Waals surface area contributed by atoms with Gasteiger partial charge in [0.1, 0.15) is 17.9 Å². The molecule has 0 fully saturated rings. The number of nitrogens with two attached hydrogens (primary N) is 2. The van der Waals surface area contributed by atoms with Crippen LogP contribution < -0.4 is 16.8 Å². The molecule has 1 atom stereocenters. The maximum absolute atomic E-state index is 12.3. The van der Waals surface area contributed by atoms with E-state index in [4.69, 9.17) is 16.2 Å². The van der Waals surface area contributed by atoms with Gasteiger partial charge in [-0.3, -0.25) is 4.79 Å². The first-order valence-corrected chi connectivity index (χ1v) is 10.1. The van der Waals surface area contributed by atoms with Crippen LogP contribution in [0.3, 0.4) is 0 Å². The highest BCUT2D eigenvalue weighted by Crippen LogP contribution is 2.28. The molecule has 0 aliphatic heterocycles. The van der Waals surface area contributed by atoms with Crippen LogP contribution in [-0.2, 0) is 22.7 Å². The Morgan fingerprint density at radius 2 is 2.03 bits per heavy atom. The van der Waals surface area contributed by atoms with E-state index in [-0.39, 0.29) is 5.91 Å². The van der Waals surface area contributed by atoms with Crippen molar-refractivity contribution in [3.05, 3.63) is 30.1 Å². The molecule has 0 unspecified atom stereocenters. The number of aromatic nitrogens is 3. The zero-order chi connectivity index (χ0) is 21.0. The van der Waals surface area contributed by atoms with Gasteiger partial charge in [0.05, 0.1) is 17.1 Å². The summed E-state index contributed by atoms with van der Waals surface area (Å²) >= 11 is 0. The van der Waals surface area contributed by atoms with Gasteiger partial charge in [-0.15, -0.1) is 0 Å². The van der Waals surface area contributed by atoms with E-state index in [1.54, 1.807) is 0 Å². The quantitative estimate of drug-likeness (QED) is 0.508. The van der Waals surface area contributed by atoms with Gasteiger partial charge in [-0.05, 0) is 25.3 Å². The van der Waals surface area contributed by atoms with Gasteiger partial charge in [-0.2, -0.15) is 0 Å². The number of nitrogens with zero attached hydrogens (tertiary/aromatic N) is 3. The molecular weight excluding hydrogens is 368 g/mol. The van der Waals surface area contributed by atoms with Crippen LogP contribution in [0.5, 0.6) is 0 Å². The molecule has 2 aromatic heterocycles. The largest absolute Gasteiger partial charge is 0.382 e. The Bertz CT molecular complexity index is 998. The van der Waals surface area contributed by atoms with Gasteiger partial charge in [0.25, 0.3) is 0 Å². The number of hydrogen-bond donors (Lipinski definition) is 3. The maximum atomic E-state index is 12.3. The first-order valence-electron chi connectivity index (χ1n) is 10.1. The number of nitrogens with one attached hydrogen (secondary N) is 1. The molecule has 3 rings (SSSR count). The second-order valence-corrected chi connectivity index (χ2v) is 7.56. The summed E-state index contributed by atoms with van der Waals surface area (Å²) in [5, 5.41) is 3.90. The SMILES string of the molecule is CCOCc1nc2c(N)nc3ccccc3c2n1CCNC(=O)[C@@H](N)CC(C)C. The molecule has 0 aliphatic carbocycles. The van der Waals surface area contributed by atoms with E-state index >= 15 is 0 Å². The summed E-state index contributed by atoms with van der Waals surface area (Å²) in [5.74, 6) is 1.37. The molecule has 8 heteroatoms. The molecule has 3 aromatic rings. The van der Waals surface area contributed by atoms with Gasteiger partial charge in [0.15, 0.2) is 5.82 Å². The van der Waals surface area contributed by atoms with Crippen LogP contribution >= 0.6 is 0 Å². The summed E-state index contributed by atoms with van der Waals surface area (Å²) in [5.41, 5.74) is 14.5. The van der Waals surface area contributed by atoms with Gasteiger partial charge in [0, 0.05) is 25.1 Å². The second kappa shape index (κ2) is 9.19. The molecule has 0 bridgehead atoms. The molecule has 1 amide bonds. The standard InChI is InChI=1S/C21H30N6O2/c1-4-29-12-17-26-18-19(14-7-5-6-8-16(14)25-20(18)23)27(17)10-9-24-21(28)15(22)11-13(2)3/h5-8,13,15H,4,9-12,22H2,1-3H3,(H2,23,25)(H,24,28)/t15-/m0/s1. The molecule has 5 N–H and O–H groups in total. The highest BCUT2D eigenvalue weighted by molar-refractivity contribution is 6.06. The number of anilines is 1. The number of carbonyl (C=O) groups excluding carboxylic acids is 1. The fraction of sp³-hybridized carbons (Fsp3) is 0.476. The van der Waals surface area contributed by atoms with Crippen molar-refractivity contribution in [3.8, 4) is 0 Å². The van der Waals surface area contributed by atoms with Gasteiger partial charge in [0.2, 0.25) is 5.91 Å². The predicted molar refractivity (Wildman–Crippen MR) is 115 cm³/mol. The van der Waals surface area contributed by atoms with Crippen molar-refractivity contribution in [2.75, 3.05) is 18.9 Å². The van der Waals surface area contributed by atoms with Crippen LogP contribution in [0.2, 0.25) is 0 Å². The molecule has 29 heavy (non-hydrogen) atoms. The fourth-order valence-corrected chi connectivity index (χ4v) is 3.49. The zero-order valence-corrected chi connectivity index (χ0v) is 17.3. The summed E-state index contributed by atoms with van der Waals surface area (Å²) in [7, 11) is 0. The third-order valence-electron chi connectivity index (χ3n) is 4.82. The van der Waals surface area contributed by atoms with Gasteiger partial charge < -0.3 is 26.1 Å². The van der Waals surface area contributed by atoms with Crippen molar-refractivity contribution in [2.24, 2.45) is 11.7 Å². The summed E-state index contributed by atoms with van der Waals surface area (Å²) in [6, 6.07) is 7.32. The first-order chi connectivity index (χ1) is 13.9. The lowest BCUT2D eigenvalue weighted by Gasteiger charge is -2.15. The van der Waals surface area contributed by atoms with Crippen molar-refractivity contribution in [1.29, 1.82) is 0 Å². The lowest BCUT2D eigenvalue weighted by Crippen LogP contribution is -2.42. The average molecular weight is 399 g/mol. The number of pyridine rings is 1. The lowest BCUT2D eigenvalue weighted by molar-refractivity contribution is -0.122. The molecule has 0 aliphatic rings. The number of hydrogen-bond acceptors (Lipinski definition) is 6. The minimum Gasteiger partial charge on any atom is -0.382 e. The van der Waals surface area contributed by atoms with Gasteiger partial charge in [-0.1, -0.05) is 32.0 Å². The molecule has 8 nitrogen and oxygen atoms in total. The van der Waals surface area contributed by atoms with Crippen molar-refractivity contribution >= 4 is 33.7 Å². The van der Waals surface area contributed by atoms with E-state index in [0.717, 1.165) is 22.2 Å². The summed E-state index contributed by atoms with van der Waals surface area (Å²) in [6.45, 7) is 7.95. The van der Waals surface area contributed by atoms with Crippen molar-refractivity contribution < 1.29 is 9.53 Å². The molecule has 1 aromatic carbocycles. The molecule has 2 heterocycles. The van der Waals surface area contributed by atoms with Crippen molar-refractivity contribution in [2.45, 2.75) is 46.4 Å². The summed E-state index contributed by atoms with van der Waals surface area (Å²) in [6.07, 6.45) is 0.655. The maximum Gasteiger partial charge on any atom is 0.236 e. The van der Waals surface area contributed by atoms with Gasteiger partial charge in [-0.25, -0.2) is 9.97 Å². The van der Waals surface area contributed by atoms with Crippen molar-refractivity contribution in [3.63, 3.8) is 0 Å². The highest BCUT2D eigenvalue weighted by Gasteiger charge is 2.18. The minimum absolute atomic E-state index is 0.138. The second-order valence-electron chi connectivity index (χ2n) is 7.56. The molecule has 0 spiro atoms. The number of nitrogen functional groups attached to an aromatic ring is 1. The Hall–Kier alpha value is -2.71. The number of imidazole rings is 1. The smallest absolute Gasteiger partial charge is 0.236 e. The van der Waals surface area contributed by atoms with E-state index in [1.807, 2.05) is 45.0 Å². The van der Waals surface area contributed by atoms with Crippen molar-refractivity contribution in [1.82, 2.24) is 19.9 Å². The van der Waals surface area contributed by atoms with Crippen LogP contribution in [0.4, 0.5) is 5.82 Å². The Kier molecular flexibility index (Phi) is 6.66. The number of amides is 1. The molecule has 0 radical (unpaired) electrons. The number of rotatable bonds is 9. The summed E-state index contributed by atoms with van der Waals surface area (Å²) in [4.78, 5) is 21.4. The number of para-hydroxylation sites is 1. The first kappa shape index (κ1) is 21.0. The highest BCUT2D eigenvalue weighted by atomic mass is 16.5. The predicted octanol–water partition coefficient (Wildman–Crippen LogP) is 2.19. The molecular formula is C21H30N6O2. The van der Waals surface area contributed by atoms with E-state index in [0.29, 0.717) is 50.0 Å². The third-order valence-corrected chi connectivity index (χ3v) is 4.82. The molecule has 0 saturated carbocycles. The fourth-order valence-electron chi connectivity index (χ4n) is 3.49. The van der Waals surface area contributed by atoms with Crippen LogP contribution in [-0.4, -0.2) is 39.6 Å². The Balaban J connectivity index is 1.91. The number of benzene rings is 1. The topological polar surface area (TPSA) is 121 Å². The van der Waals surface area contributed by atoms with E-state index < -0.39 is 6.04 Å². The normalized spacial score (nSPS) is 12.7. The number of fused-ring (bicyclic) bond motifs is 3. The average Bonchev–Trinajstić information content (AvgIpc) is 3.05. The summed E-state index contributed by atoms with van der Waals surface area (Å²) < 4.78 is 7.65. The lowest BCUT2D eigenvalue weighted by atomic mass is 10.0. The zero-order valence-electron chi connectivity index (χ0n) is 17.3. The van der Waals surface area contributed by atoms with Crippen LogP contribution in [0.15, 0.2) is 24.3 Å². The molecule has 0 saturated heterocycles. The Morgan fingerprint density at radius 1 is 1.28 bits per heavy atom. The van der Waals surface area contributed by atoms with Crippen LogP contribution in [0.1, 0.15) is 33.0 Å². The van der Waals surface area contributed by atoms with E-state index in [9.17, 15) is 4.79 Å². The Labute approximate surface area is 170 Å². The van der Waals surface area contributed by atoms with E-state index in [1.165, 1.54) is 0 Å². The Morgan fingerprint density at radius 3 is 2.76 bits per heavy atom. The van der Waals surface area contributed by atoms with Gasteiger partial charge >= 0.3 is 0 Å². The molecule has 156 valence electrons. The van der Waals surface area contributed by atoms with Crippen LogP contribution in [0.25, 0.3) is 21.9 Å². The number of ether oxygens (including phenoxy) is 1.